The standard InChI is InChI=1S/C14H17BrClN3/c1-3-7-17-14(13-6-8-18-19(13)2)11-9-10(16)4-5-12(11)15/h4-6,8-9,14,17H,3,7H2,1-2H3. The lowest BCUT2D eigenvalue weighted by atomic mass is 10.0. The fraction of sp³-hybridized carbons (Fsp3) is 0.357. The molecular formula is C14H17BrClN3. The number of nitrogens with one attached hydrogen (secondary N) is 1. The zero-order valence-electron chi connectivity index (χ0n) is 11.0. The molecule has 1 atom stereocenters. The minimum atomic E-state index is 0.0838. The molecule has 0 saturated carbocycles. The third-order valence-corrected chi connectivity index (χ3v) is 3.98. The van der Waals surface area contributed by atoms with Crippen LogP contribution in [0.5, 0.6) is 0 Å². The van der Waals surface area contributed by atoms with Crippen molar-refractivity contribution in [2.24, 2.45) is 7.05 Å². The third-order valence-electron chi connectivity index (χ3n) is 3.02. The predicted octanol–water partition coefficient (Wildman–Crippen LogP) is 3.93. The molecule has 5 heteroatoms. The lowest BCUT2D eigenvalue weighted by Crippen LogP contribution is -2.25. The van der Waals surface area contributed by atoms with Gasteiger partial charge >= 0.3 is 0 Å². The molecule has 1 aromatic heterocycles. The Bertz CT molecular complexity index is 553. The van der Waals surface area contributed by atoms with E-state index in [0.717, 1.165) is 33.7 Å². The first kappa shape index (κ1) is 14.6. The van der Waals surface area contributed by atoms with Gasteiger partial charge < -0.3 is 5.32 Å². The molecule has 1 N–H and O–H groups in total. The van der Waals surface area contributed by atoms with E-state index in [1.54, 1.807) is 0 Å². The van der Waals surface area contributed by atoms with Crippen LogP contribution in [0.1, 0.15) is 30.6 Å². The molecule has 102 valence electrons. The van der Waals surface area contributed by atoms with Crippen molar-refractivity contribution in [1.82, 2.24) is 15.1 Å². The average molecular weight is 343 g/mol. The smallest absolute Gasteiger partial charge is 0.0759 e. The molecule has 0 spiro atoms. The van der Waals surface area contributed by atoms with Gasteiger partial charge in [0.2, 0.25) is 0 Å². The van der Waals surface area contributed by atoms with Crippen LogP contribution in [0.2, 0.25) is 5.02 Å². The average Bonchev–Trinajstić information content (AvgIpc) is 2.80. The van der Waals surface area contributed by atoms with Crippen LogP contribution in [-0.4, -0.2) is 16.3 Å². The topological polar surface area (TPSA) is 29.9 Å². The van der Waals surface area contributed by atoms with Gasteiger partial charge in [0.05, 0.1) is 11.7 Å². The van der Waals surface area contributed by atoms with Gasteiger partial charge in [-0.05, 0) is 42.8 Å². The van der Waals surface area contributed by atoms with E-state index in [9.17, 15) is 0 Å². The summed E-state index contributed by atoms with van der Waals surface area (Å²) >= 11 is 9.73. The molecule has 0 aliphatic carbocycles. The van der Waals surface area contributed by atoms with E-state index in [0.29, 0.717) is 0 Å². The Morgan fingerprint density at radius 2 is 2.21 bits per heavy atom. The summed E-state index contributed by atoms with van der Waals surface area (Å²) in [4.78, 5) is 0. The second-order valence-electron chi connectivity index (χ2n) is 4.43. The van der Waals surface area contributed by atoms with Crippen molar-refractivity contribution in [3.8, 4) is 0 Å². The van der Waals surface area contributed by atoms with Gasteiger partial charge in [0, 0.05) is 22.7 Å². The van der Waals surface area contributed by atoms with Gasteiger partial charge in [-0.2, -0.15) is 5.10 Å². The fourth-order valence-corrected chi connectivity index (χ4v) is 2.72. The summed E-state index contributed by atoms with van der Waals surface area (Å²) in [6, 6.07) is 7.97. The Morgan fingerprint density at radius 3 is 2.84 bits per heavy atom. The van der Waals surface area contributed by atoms with E-state index < -0.39 is 0 Å². The zero-order valence-corrected chi connectivity index (χ0v) is 13.4. The summed E-state index contributed by atoms with van der Waals surface area (Å²) in [5.41, 5.74) is 2.25. The Morgan fingerprint density at radius 1 is 1.42 bits per heavy atom. The first-order valence-corrected chi connectivity index (χ1v) is 7.46. The molecule has 3 nitrogen and oxygen atoms in total. The highest BCUT2D eigenvalue weighted by molar-refractivity contribution is 9.10. The van der Waals surface area contributed by atoms with Crippen LogP contribution in [0.4, 0.5) is 0 Å². The zero-order chi connectivity index (χ0) is 13.8. The fourth-order valence-electron chi connectivity index (χ4n) is 2.07. The molecule has 0 aliphatic rings. The molecule has 1 heterocycles. The van der Waals surface area contributed by atoms with Crippen molar-refractivity contribution in [1.29, 1.82) is 0 Å². The Balaban J connectivity index is 2.42. The second kappa shape index (κ2) is 6.55. The van der Waals surface area contributed by atoms with Gasteiger partial charge in [-0.15, -0.1) is 0 Å². The van der Waals surface area contributed by atoms with Crippen molar-refractivity contribution in [2.45, 2.75) is 19.4 Å². The number of halogens is 2. The Hall–Kier alpha value is -0.840. The van der Waals surface area contributed by atoms with E-state index in [4.69, 9.17) is 11.6 Å². The van der Waals surface area contributed by atoms with E-state index in [-0.39, 0.29) is 6.04 Å². The van der Waals surface area contributed by atoms with E-state index in [1.165, 1.54) is 0 Å². The number of rotatable bonds is 5. The van der Waals surface area contributed by atoms with E-state index in [1.807, 2.05) is 42.2 Å². The van der Waals surface area contributed by atoms with Crippen LogP contribution in [0, 0.1) is 0 Å². The van der Waals surface area contributed by atoms with Gasteiger partial charge in [-0.3, -0.25) is 4.68 Å². The first-order valence-electron chi connectivity index (χ1n) is 6.29. The van der Waals surface area contributed by atoms with E-state index in [2.05, 4.69) is 33.3 Å². The minimum Gasteiger partial charge on any atom is -0.305 e. The van der Waals surface area contributed by atoms with Crippen LogP contribution in [0.3, 0.4) is 0 Å². The first-order chi connectivity index (χ1) is 9.13. The largest absolute Gasteiger partial charge is 0.305 e. The highest BCUT2D eigenvalue weighted by Crippen LogP contribution is 2.30. The van der Waals surface area contributed by atoms with Crippen LogP contribution >= 0.6 is 27.5 Å². The normalized spacial score (nSPS) is 12.6. The van der Waals surface area contributed by atoms with Gasteiger partial charge in [0.1, 0.15) is 0 Å². The molecule has 2 aromatic rings. The van der Waals surface area contributed by atoms with Crippen molar-refractivity contribution < 1.29 is 0 Å². The molecular weight excluding hydrogens is 326 g/mol. The molecule has 0 fully saturated rings. The quantitative estimate of drug-likeness (QED) is 0.892. The lowest BCUT2D eigenvalue weighted by molar-refractivity contribution is 0.552. The summed E-state index contributed by atoms with van der Waals surface area (Å²) in [6.07, 6.45) is 2.89. The predicted molar refractivity (Wildman–Crippen MR) is 82.5 cm³/mol. The Kier molecular flexibility index (Phi) is 5.02. The van der Waals surface area contributed by atoms with Crippen LogP contribution in [0.25, 0.3) is 0 Å². The third kappa shape index (κ3) is 3.38. The number of hydrogen-bond acceptors (Lipinski definition) is 2. The van der Waals surface area contributed by atoms with Crippen molar-refractivity contribution >= 4 is 27.5 Å². The summed E-state index contributed by atoms with van der Waals surface area (Å²) in [7, 11) is 1.95. The highest BCUT2D eigenvalue weighted by Gasteiger charge is 2.19. The maximum atomic E-state index is 6.13. The summed E-state index contributed by atoms with van der Waals surface area (Å²) in [5, 5.41) is 8.54. The van der Waals surface area contributed by atoms with E-state index >= 15 is 0 Å². The molecule has 0 amide bonds. The molecule has 1 unspecified atom stereocenters. The molecule has 0 radical (unpaired) electrons. The van der Waals surface area contributed by atoms with Crippen molar-refractivity contribution in [3.63, 3.8) is 0 Å². The number of benzene rings is 1. The van der Waals surface area contributed by atoms with Crippen molar-refractivity contribution in [3.05, 3.63) is 51.2 Å². The highest BCUT2D eigenvalue weighted by atomic mass is 79.9. The summed E-state index contributed by atoms with van der Waals surface area (Å²) < 4.78 is 2.94. The van der Waals surface area contributed by atoms with Gasteiger partial charge in [0.25, 0.3) is 0 Å². The molecule has 0 aliphatic heterocycles. The van der Waals surface area contributed by atoms with Gasteiger partial charge in [-0.1, -0.05) is 34.5 Å². The molecule has 1 aromatic carbocycles. The lowest BCUT2D eigenvalue weighted by Gasteiger charge is -2.21. The molecule has 0 saturated heterocycles. The minimum absolute atomic E-state index is 0.0838. The molecule has 0 bridgehead atoms. The van der Waals surface area contributed by atoms with Crippen molar-refractivity contribution in [2.75, 3.05) is 6.54 Å². The number of aromatic nitrogens is 2. The summed E-state index contributed by atoms with van der Waals surface area (Å²) in [6.45, 7) is 3.09. The van der Waals surface area contributed by atoms with Gasteiger partial charge in [0.15, 0.2) is 0 Å². The number of nitrogens with zero attached hydrogens (tertiary/aromatic N) is 2. The molecule has 19 heavy (non-hydrogen) atoms. The van der Waals surface area contributed by atoms with Crippen LogP contribution in [0.15, 0.2) is 34.9 Å². The second-order valence-corrected chi connectivity index (χ2v) is 5.72. The Labute approximate surface area is 127 Å². The molecule has 2 rings (SSSR count). The maximum absolute atomic E-state index is 6.13. The maximum Gasteiger partial charge on any atom is 0.0759 e. The SMILES string of the molecule is CCCNC(c1cc(Cl)ccc1Br)c1ccnn1C. The van der Waals surface area contributed by atoms with Crippen LogP contribution in [-0.2, 0) is 7.05 Å². The summed E-state index contributed by atoms with van der Waals surface area (Å²) in [5.74, 6) is 0. The number of aryl methyl sites for hydroxylation is 1. The van der Waals surface area contributed by atoms with Gasteiger partial charge in [-0.25, -0.2) is 0 Å². The number of hydrogen-bond donors (Lipinski definition) is 1. The van der Waals surface area contributed by atoms with Crippen LogP contribution < -0.4 is 5.32 Å². The monoisotopic (exact) mass is 341 g/mol.